The number of aliphatic carboxylic acids is 1. The van der Waals surface area contributed by atoms with Gasteiger partial charge in [-0.3, -0.25) is 4.79 Å². The molecule has 0 aliphatic heterocycles. The predicted octanol–water partition coefficient (Wildman–Crippen LogP) is 5.30. The van der Waals surface area contributed by atoms with E-state index in [0.717, 1.165) is 19.3 Å². The van der Waals surface area contributed by atoms with Gasteiger partial charge in [-0.05, 0) is 12.8 Å². The van der Waals surface area contributed by atoms with E-state index < -0.39 is 11.6 Å². The lowest BCUT2D eigenvalue weighted by molar-refractivity contribution is -0.143. The van der Waals surface area contributed by atoms with Crippen LogP contribution in [0.3, 0.4) is 0 Å². The van der Waals surface area contributed by atoms with E-state index in [2.05, 4.69) is 6.92 Å². The van der Waals surface area contributed by atoms with Crippen molar-refractivity contribution in [1.29, 1.82) is 0 Å². The molecule has 0 heterocycles. The van der Waals surface area contributed by atoms with E-state index in [4.69, 9.17) is 5.11 Å². The zero-order valence-electron chi connectivity index (χ0n) is 14.2. The van der Waals surface area contributed by atoms with Crippen molar-refractivity contribution in [3.8, 4) is 0 Å². The highest BCUT2D eigenvalue weighted by atomic mass is 16.4. The molecule has 0 spiro atoms. The van der Waals surface area contributed by atoms with Gasteiger partial charge in [-0.2, -0.15) is 0 Å². The Morgan fingerprint density at radius 1 is 0.762 bits per heavy atom. The van der Waals surface area contributed by atoms with Crippen LogP contribution in [-0.2, 0) is 4.79 Å². The van der Waals surface area contributed by atoms with Gasteiger partial charge < -0.3 is 10.2 Å². The molecular formula is C18H36O3. The van der Waals surface area contributed by atoms with Crippen LogP contribution in [0.5, 0.6) is 0 Å². The molecule has 3 nitrogen and oxygen atoms in total. The van der Waals surface area contributed by atoms with Gasteiger partial charge in [-0.1, -0.05) is 84.5 Å². The second-order valence-electron chi connectivity index (χ2n) is 6.48. The van der Waals surface area contributed by atoms with Gasteiger partial charge in [0.15, 0.2) is 0 Å². The third-order valence-electron chi connectivity index (χ3n) is 4.19. The first kappa shape index (κ1) is 20.4. The van der Waals surface area contributed by atoms with Crippen LogP contribution in [0.1, 0.15) is 104 Å². The molecule has 0 saturated heterocycles. The molecule has 21 heavy (non-hydrogen) atoms. The molecule has 2 N–H and O–H groups in total. The minimum Gasteiger partial charge on any atom is -0.481 e. The number of hydrogen-bond acceptors (Lipinski definition) is 2. The maximum Gasteiger partial charge on any atom is 0.306 e. The maximum absolute atomic E-state index is 10.8. The molecule has 0 aliphatic rings. The summed E-state index contributed by atoms with van der Waals surface area (Å²) in [5, 5.41) is 19.2. The summed E-state index contributed by atoms with van der Waals surface area (Å²) in [6.45, 7) is 4.23. The van der Waals surface area contributed by atoms with E-state index in [1.54, 1.807) is 0 Å². The molecule has 0 radical (unpaired) electrons. The van der Waals surface area contributed by atoms with Crippen molar-refractivity contribution in [2.75, 3.05) is 0 Å². The van der Waals surface area contributed by atoms with Crippen LogP contribution in [0.4, 0.5) is 0 Å². The van der Waals surface area contributed by atoms with Gasteiger partial charge in [0, 0.05) is 0 Å². The fourth-order valence-electron chi connectivity index (χ4n) is 2.99. The summed E-state index contributed by atoms with van der Waals surface area (Å²) in [7, 11) is 0. The van der Waals surface area contributed by atoms with Gasteiger partial charge in [-0.25, -0.2) is 0 Å². The van der Waals surface area contributed by atoms with Crippen molar-refractivity contribution in [2.24, 2.45) is 0 Å². The summed E-state index contributed by atoms with van der Waals surface area (Å²) in [6.07, 6.45) is 14.5. The SMILES string of the molecule is CCCCCCCCCCCCC(O)(CCC)CC(=O)O. The van der Waals surface area contributed by atoms with Gasteiger partial charge in [0.25, 0.3) is 0 Å². The second-order valence-corrected chi connectivity index (χ2v) is 6.48. The average Bonchev–Trinajstić information content (AvgIpc) is 2.40. The third-order valence-corrected chi connectivity index (χ3v) is 4.19. The topological polar surface area (TPSA) is 57.5 Å². The number of carboxylic acids is 1. The maximum atomic E-state index is 10.8. The Morgan fingerprint density at radius 2 is 1.24 bits per heavy atom. The van der Waals surface area contributed by atoms with E-state index in [1.165, 1.54) is 51.4 Å². The van der Waals surface area contributed by atoms with Crippen LogP contribution >= 0.6 is 0 Å². The number of hydrogen-bond donors (Lipinski definition) is 2. The third kappa shape index (κ3) is 12.9. The van der Waals surface area contributed by atoms with Gasteiger partial charge in [0.1, 0.15) is 0 Å². The first-order valence-electron chi connectivity index (χ1n) is 8.98. The Labute approximate surface area is 131 Å². The first-order valence-corrected chi connectivity index (χ1v) is 8.98. The molecule has 3 heteroatoms. The molecule has 0 aromatic rings. The fraction of sp³-hybridized carbons (Fsp3) is 0.944. The minimum absolute atomic E-state index is 0.113. The summed E-state index contributed by atoms with van der Waals surface area (Å²) in [5.74, 6) is -0.891. The van der Waals surface area contributed by atoms with Crippen LogP contribution in [0.2, 0.25) is 0 Å². The van der Waals surface area contributed by atoms with Gasteiger partial charge in [-0.15, -0.1) is 0 Å². The molecule has 0 bridgehead atoms. The molecule has 126 valence electrons. The number of unbranched alkanes of at least 4 members (excludes halogenated alkanes) is 9. The fourth-order valence-corrected chi connectivity index (χ4v) is 2.99. The van der Waals surface area contributed by atoms with Crippen molar-refractivity contribution >= 4 is 5.97 Å². The predicted molar refractivity (Wildman–Crippen MR) is 88.6 cm³/mol. The van der Waals surface area contributed by atoms with Crippen molar-refractivity contribution < 1.29 is 15.0 Å². The molecule has 1 atom stereocenters. The zero-order chi connectivity index (χ0) is 16.0. The van der Waals surface area contributed by atoms with Crippen LogP contribution in [0.15, 0.2) is 0 Å². The van der Waals surface area contributed by atoms with Gasteiger partial charge in [0.2, 0.25) is 0 Å². The van der Waals surface area contributed by atoms with Crippen LogP contribution in [0, 0.1) is 0 Å². The molecule has 0 saturated carbocycles. The highest BCUT2D eigenvalue weighted by Crippen LogP contribution is 2.25. The Kier molecular flexibility index (Phi) is 12.8. The highest BCUT2D eigenvalue weighted by molar-refractivity contribution is 5.68. The Balaban J connectivity index is 3.56. The average molecular weight is 300 g/mol. The van der Waals surface area contributed by atoms with E-state index in [9.17, 15) is 9.90 Å². The van der Waals surface area contributed by atoms with Gasteiger partial charge >= 0.3 is 5.97 Å². The van der Waals surface area contributed by atoms with E-state index in [0.29, 0.717) is 12.8 Å². The van der Waals surface area contributed by atoms with Crippen molar-refractivity contribution in [3.05, 3.63) is 0 Å². The van der Waals surface area contributed by atoms with Crippen molar-refractivity contribution in [2.45, 2.75) is 109 Å². The molecule has 0 rings (SSSR count). The van der Waals surface area contributed by atoms with E-state index in [1.807, 2.05) is 6.92 Å². The molecule has 0 aliphatic carbocycles. The lowest BCUT2D eigenvalue weighted by Crippen LogP contribution is -2.31. The normalized spacial score (nSPS) is 14.0. The lowest BCUT2D eigenvalue weighted by atomic mass is 9.88. The van der Waals surface area contributed by atoms with Crippen molar-refractivity contribution in [3.63, 3.8) is 0 Å². The molecule has 0 fully saturated rings. The lowest BCUT2D eigenvalue weighted by Gasteiger charge is -2.26. The summed E-state index contributed by atoms with van der Waals surface area (Å²) < 4.78 is 0. The molecular weight excluding hydrogens is 264 g/mol. The Bertz CT molecular complexity index is 253. The minimum atomic E-state index is -0.985. The second kappa shape index (κ2) is 13.1. The Hall–Kier alpha value is -0.570. The zero-order valence-corrected chi connectivity index (χ0v) is 14.2. The molecule has 0 aromatic carbocycles. The number of carbonyl (C=O) groups is 1. The molecule has 0 aromatic heterocycles. The van der Waals surface area contributed by atoms with Crippen LogP contribution < -0.4 is 0 Å². The number of aliphatic hydroxyl groups is 1. The summed E-state index contributed by atoms with van der Waals surface area (Å²) >= 11 is 0. The largest absolute Gasteiger partial charge is 0.481 e. The monoisotopic (exact) mass is 300 g/mol. The smallest absolute Gasteiger partial charge is 0.306 e. The highest BCUT2D eigenvalue weighted by Gasteiger charge is 2.28. The molecule has 1 unspecified atom stereocenters. The summed E-state index contributed by atoms with van der Waals surface area (Å²) in [5.41, 5.74) is -0.985. The van der Waals surface area contributed by atoms with Crippen molar-refractivity contribution in [1.82, 2.24) is 0 Å². The van der Waals surface area contributed by atoms with E-state index >= 15 is 0 Å². The van der Waals surface area contributed by atoms with Gasteiger partial charge in [0.05, 0.1) is 12.0 Å². The van der Waals surface area contributed by atoms with Crippen LogP contribution in [-0.4, -0.2) is 21.8 Å². The summed E-state index contributed by atoms with van der Waals surface area (Å²) in [6, 6.07) is 0. The quantitative estimate of drug-likeness (QED) is 0.403. The summed E-state index contributed by atoms with van der Waals surface area (Å²) in [4.78, 5) is 10.8. The van der Waals surface area contributed by atoms with Crippen LogP contribution in [0.25, 0.3) is 0 Å². The Morgan fingerprint density at radius 3 is 1.67 bits per heavy atom. The number of carboxylic acid groups (broad SMARTS) is 1. The standard InChI is InChI=1S/C18H36O3/c1-3-5-6-7-8-9-10-11-12-13-15-18(21,14-4-2)16-17(19)20/h21H,3-16H2,1-2H3,(H,19,20). The first-order chi connectivity index (χ1) is 10.0. The molecule has 0 amide bonds. The van der Waals surface area contributed by atoms with E-state index in [-0.39, 0.29) is 6.42 Å². The number of rotatable bonds is 15.